The molecule has 1 nitrogen and oxygen atoms in total. The van der Waals surface area contributed by atoms with Gasteiger partial charge in [0.05, 0.1) is 5.60 Å². The molecule has 0 saturated heterocycles. The maximum Gasteiger partial charge on any atom is 0.0859 e. The van der Waals surface area contributed by atoms with Gasteiger partial charge in [-0.25, -0.2) is 0 Å². The Labute approximate surface area is 104 Å². The van der Waals surface area contributed by atoms with Gasteiger partial charge in [-0.05, 0) is 54.9 Å². The van der Waals surface area contributed by atoms with Crippen molar-refractivity contribution >= 4 is 0 Å². The van der Waals surface area contributed by atoms with Crippen LogP contribution >= 0.6 is 0 Å². The van der Waals surface area contributed by atoms with Crippen molar-refractivity contribution in [3.63, 3.8) is 0 Å². The van der Waals surface area contributed by atoms with E-state index in [4.69, 9.17) is 0 Å². The van der Waals surface area contributed by atoms with Crippen LogP contribution in [0.25, 0.3) is 0 Å². The van der Waals surface area contributed by atoms with Gasteiger partial charge in [-0.15, -0.1) is 0 Å². The summed E-state index contributed by atoms with van der Waals surface area (Å²) in [4.78, 5) is 0. The summed E-state index contributed by atoms with van der Waals surface area (Å²) in [6.07, 6.45) is 15.7. The predicted octanol–water partition coefficient (Wildman–Crippen LogP) is 3.45. The van der Waals surface area contributed by atoms with E-state index in [9.17, 15) is 5.11 Å². The molecule has 1 heteroatoms. The van der Waals surface area contributed by atoms with E-state index >= 15 is 0 Å². The van der Waals surface area contributed by atoms with Crippen LogP contribution in [-0.2, 0) is 0 Å². The predicted molar refractivity (Wildman–Crippen MR) is 68.5 cm³/mol. The van der Waals surface area contributed by atoms with E-state index in [0.717, 1.165) is 30.6 Å². The lowest BCUT2D eigenvalue weighted by Gasteiger charge is -2.39. The fraction of sp³-hybridized carbons (Fsp3) is 0.750. The van der Waals surface area contributed by atoms with Crippen LogP contribution in [0.4, 0.5) is 0 Å². The van der Waals surface area contributed by atoms with Gasteiger partial charge < -0.3 is 5.11 Å². The van der Waals surface area contributed by atoms with Gasteiger partial charge in [0.1, 0.15) is 0 Å². The SMILES string of the molecule is OC1(C2=CC3CC2C2C=CCC32)CCCCC1. The Morgan fingerprint density at radius 2 is 2.00 bits per heavy atom. The first-order valence-electron chi connectivity index (χ1n) is 7.39. The summed E-state index contributed by atoms with van der Waals surface area (Å²) < 4.78 is 0. The highest BCUT2D eigenvalue weighted by atomic mass is 16.3. The summed E-state index contributed by atoms with van der Waals surface area (Å²) in [5.41, 5.74) is 1.02. The minimum atomic E-state index is -0.418. The summed E-state index contributed by atoms with van der Waals surface area (Å²) >= 11 is 0. The second-order valence-corrected chi connectivity index (χ2v) is 6.63. The largest absolute Gasteiger partial charge is 0.386 e. The van der Waals surface area contributed by atoms with Crippen LogP contribution in [0, 0.1) is 23.7 Å². The number of hydrogen-bond acceptors (Lipinski definition) is 1. The van der Waals surface area contributed by atoms with Crippen LogP contribution in [0.5, 0.6) is 0 Å². The molecule has 0 spiro atoms. The number of aliphatic hydroxyl groups is 1. The van der Waals surface area contributed by atoms with E-state index in [1.807, 2.05) is 0 Å². The molecule has 4 unspecified atom stereocenters. The molecule has 1 N–H and O–H groups in total. The van der Waals surface area contributed by atoms with Gasteiger partial charge >= 0.3 is 0 Å². The highest BCUT2D eigenvalue weighted by Crippen LogP contribution is 2.59. The van der Waals surface area contributed by atoms with Crippen LogP contribution in [0.1, 0.15) is 44.9 Å². The van der Waals surface area contributed by atoms with Crippen molar-refractivity contribution in [1.29, 1.82) is 0 Å². The first kappa shape index (κ1) is 10.4. The molecule has 0 aliphatic heterocycles. The Bertz CT molecular complexity index is 386. The third-order valence-electron chi connectivity index (χ3n) is 5.81. The van der Waals surface area contributed by atoms with Crippen LogP contribution in [0.2, 0.25) is 0 Å². The second kappa shape index (κ2) is 3.47. The summed E-state index contributed by atoms with van der Waals surface area (Å²) in [5, 5.41) is 10.9. The average Bonchev–Trinajstić information content (AvgIpc) is 3.02. The lowest BCUT2D eigenvalue weighted by molar-refractivity contribution is 0.0280. The maximum absolute atomic E-state index is 10.9. The zero-order valence-corrected chi connectivity index (χ0v) is 10.4. The molecule has 4 aliphatic carbocycles. The van der Waals surface area contributed by atoms with Crippen LogP contribution in [0.15, 0.2) is 23.8 Å². The monoisotopic (exact) mass is 230 g/mol. The quantitative estimate of drug-likeness (QED) is 0.684. The molecule has 4 aliphatic rings. The smallest absolute Gasteiger partial charge is 0.0859 e. The molecular formula is C16H22O. The Morgan fingerprint density at radius 3 is 2.82 bits per heavy atom. The maximum atomic E-state index is 10.9. The van der Waals surface area contributed by atoms with Gasteiger partial charge in [0, 0.05) is 0 Å². The Balaban J connectivity index is 1.65. The minimum Gasteiger partial charge on any atom is -0.386 e. The normalized spacial score (nSPS) is 46.1. The third-order valence-corrected chi connectivity index (χ3v) is 5.81. The Kier molecular flexibility index (Phi) is 2.12. The van der Waals surface area contributed by atoms with Crippen LogP contribution in [0.3, 0.4) is 0 Å². The topological polar surface area (TPSA) is 20.2 Å². The zero-order valence-electron chi connectivity index (χ0n) is 10.4. The van der Waals surface area contributed by atoms with Gasteiger partial charge in [-0.3, -0.25) is 0 Å². The molecule has 0 heterocycles. The molecule has 4 atom stereocenters. The molecule has 0 aromatic heterocycles. The summed E-state index contributed by atoms with van der Waals surface area (Å²) in [7, 11) is 0. The van der Waals surface area contributed by atoms with Crippen LogP contribution < -0.4 is 0 Å². The van der Waals surface area contributed by atoms with Crippen molar-refractivity contribution in [3.05, 3.63) is 23.8 Å². The van der Waals surface area contributed by atoms with Crippen molar-refractivity contribution in [3.8, 4) is 0 Å². The standard InChI is InChI=1S/C16H22O/c17-16(7-2-1-3-8-16)15-10-11-9-14(15)13-6-4-5-12(11)13/h4,6,10-14,17H,1-3,5,7-9H2. The van der Waals surface area contributed by atoms with E-state index in [1.54, 1.807) is 0 Å². The highest BCUT2D eigenvalue weighted by molar-refractivity contribution is 5.34. The molecule has 0 amide bonds. The Morgan fingerprint density at radius 1 is 1.18 bits per heavy atom. The minimum absolute atomic E-state index is 0.418. The molecule has 0 aromatic carbocycles. The molecule has 92 valence electrons. The number of allylic oxidation sites excluding steroid dienone is 3. The fourth-order valence-corrected chi connectivity index (χ4v) is 5.02. The van der Waals surface area contributed by atoms with Crippen molar-refractivity contribution in [2.75, 3.05) is 0 Å². The van der Waals surface area contributed by atoms with E-state index < -0.39 is 5.60 Å². The highest BCUT2D eigenvalue weighted by Gasteiger charge is 2.52. The number of rotatable bonds is 1. The Hall–Kier alpha value is -0.560. The molecule has 0 radical (unpaired) electrons. The van der Waals surface area contributed by atoms with E-state index in [0.29, 0.717) is 5.92 Å². The zero-order chi connectivity index (χ0) is 11.5. The number of hydrogen-bond donors (Lipinski definition) is 1. The molecule has 2 fully saturated rings. The average molecular weight is 230 g/mol. The van der Waals surface area contributed by atoms with Gasteiger partial charge in [-0.2, -0.15) is 0 Å². The van der Waals surface area contributed by atoms with Gasteiger partial charge in [0.2, 0.25) is 0 Å². The van der Waals surface area contributed by atoms with Crippen molar-refractivity contribution < 1.29 is 5.11 Å². The summed E-state index contributed by atoms with van der Waals surface area (Å²) in [6, 6.07) is 0. The van der Waals surface area contributed by atoms with Crippen molar-refractivity contribution in [2.24, 2.45) is 23.7 Å². The molecular weight excluding hydrogens is 208 g/mol. The van der Waals surface area contributed by atoms with Gasteiger partial charge in [0.15, 0.2) is 0 Å². The van der Waals surface area contributed by atoms with E-state index in [-0.39, 0.29) is 0 Å². The first-order chi connectivity index (χ1) is 8.28. The molecule has 17 heavy (non-hydrogen) atoms. The van der Waals surface area contributed by atoms with Crippen LogP contribution in [-0.4, -0.2) is 10.7 Å². The first-order valence-corrected chi connectivity index (χ1v) is 7.39. The van der Waals surface area contributed by atoms with Gasteiger partial charge in [0.25, 0.3) is 0 Å². The number of fused-ring (bicyclic) bond motifs is 5. The van der Waals surface area contributed by atoms with Crippen molar-refractivity contribution in [1.82, 2.24) is 0 Å². The molecule has 4 rings (SSSR count). The fourth-order valence-electron chi connectivity index (χ4n) is 5.02. The summed E-state index contributed by atoms with van der Waals surface area (Å²) in [6.45, 7) is 0. The molecule has 2 saturated carbocycles. The van der Waals surface area contributed by atoms with Gasteiger partial charge in [-0.1, -0.05) is 37.5 Å². The van der Waals surface area contributed by atoms with E-state index in [1.165, 1.54) is 37.7 Å². The molecule has 2 bridgehead atoms. The molecule has 0 aromatic rings. The summed E-state index contributed by atoms with van der Waals surface area (Å²) in [5.74, 6) is 3.12. The second-order valence-electron chi connectivity index (χ2n) is 6.63. The third kappa shape index (κ3) is 1.35. The van der Waals surface area contributed by atoms with Crippen molar-refractivity contribution in [2.45, 2.75) is 50.5 Å². The van der Waals surface area contributed by atoms with E-state index in [2.05, 4.69) is 18.2 Å². The lowest BCUT2D eigenvalue weighted by Crippen LogP contribution is -2.38. The lowest BCUT2D eigenvalue weighted by atomic mass is 9.70.